The Bertz CT molecular complexity index is 1490. The summed E-state index contributed by atoms with van der Waals surface area (Å²) in [6, 6.07) is 15.5. The summed E-state index contributed by atoms with van der Waals surface area (Å²) in [5.74, 6) is 1.78. The summed E-state index contributed by atoms with van der Waals surface area (Å²) in [6.07, 6.45) is 5.39. The van der Waals surface area contributed by atoms with E-state index in [1.165, 1.54) is 0 Å². The van der Waals surface area contributed by atoms with Crippen LogP contribution in [0.3, 0.4) is 0 Å². The maximum atomic E-state index is 12.5. The minimum absolute atomic E-state index is 0.0581. The zero-order valence-corrected chi connectivity index (χ0v) is 21.8. The van der Waals surface area contributed by atoms with Crippen LogP contribution in [-0.2, 0) is 0 Å². The molecule has 0 spiro atoms. The molecule has 6 rings (SSSR count). The Balaban J connectivity index is 1.12. The number of benzene rings is 2. The molecule has 1 saturated carbocycles. The molecule has 1 aliphatic heterocycles. The molecule has 9 heteroatoms. The number of hydrogen-bond donors (Lipinski definition) is 2. The number of hydrogen-bond acceptors (Lipinski definition) is 7. The maximum Gasteiger partial charge on any atom is 0.257 e. The van der Waals surface area contributed by atoms with E-state index in [0.29, 0.717) is 41.4 Å². The number of fused-ring (bicyclic) bond motifs is 2. The van der Waals surface area contributed by atoms with Gasteiger partial charge in [0.1, 0.15) is 13.2 Å². The van der Waals surface area contributed by atoms with E-state index < -0.39 is 0 Å². The molecule has 2 aromatic heterocycles. The number of nitrogens with zero attached hydrogens (tertiary/aromatic N) is 3. The van der Waals surface area contributed by atoms with Crippen molar-refractivity contribution in [3.8, 4) is 22.8 Å². The number of anilines is 1. The van der Waals surface area contributed by atoms with Crippen LogP contribution in [0.5, 0.6) is 11.6 Å². The van der Waals surface area contributed by atoms with E-state index in [9.17, 15) is 4.79 Å². The molecule has 2 aliphatic rings. The van der Waals surface area contributed by atoms with Crippen LogP contribution < -0.4 is 20.1 Å². The van der Waals surface area contributed by atoms with E-state index in [-0.39, 0.29) is 18.0 Å². The minimum Gasteiger partial charge on any atom is -0.484 e. The van der Waals surface area contributed by atoms with E-state index >= 15 is 0 Å². The summed E-state index contributed by atoms with van der Waals surface area (Å²) in [6.45, 7) is 3.01. The van der Waals surface area contributed by atoms with Crippen LogP contribution in [0.25, 0.3) is 22.0 Å². The monoisotopic (exact) mass is 529 g/mol. The molecule has 3 heterocycles. The Hall–Kier alpha value is -3.91. The average molecular weight is 530 g/mol. The summed E-state index contributed by atoms with van der Waals surface area (Å²) in [5, 5.41) is 8.28. The van der Waals surface area contributed by atoms with Gasteiger partial charge in [-0.2, -0.15) is 0 Å². The molecular weight excluding hydrogens is 502 g/mol. The van der Waals surface area contributed by atoms with Crippen molar-refractivity contribution in [2.24, 2.45) is 0 Å². The predicted octanol–water partition coefficient (Wildman–Crippen LogP) is 5.58. The fourth-order valence-corrected chi connectivity index (χ4v) is 5.25. The van der Waals surface area contributed by atoms with Crippen LogP contribution in [0.15, 0.2) is 54.7 Å². The molecule has 38 heavy (non-hydrogen) atoms. The second-order valence-corrected chi connectivity index (χ2v) is 10.2. The Morgan fingerprint density at radius 2 is 1.71 bits per heavy atom. The van der Waals surface area contributed by atoms with Crippen molar-refractivity contribution in [3.63, 3.8) is 0 Å². The van der Waals surface area contributed by atoms with Gasteiger partial charge in [-0.05, 0) is 80.6 Å². The lowest BCUT2D eigenvalue weighted by Gasteiger charge is -2.29. The van der Waals surface area contributed by atoms with Gasteiger partial charge in [0.2, 0.25) is 5.95 Å². The smallest absolute Gasteiger partial charge is 0.257 e. The van der Waals surface area contributed by atoms with Crippen LogP contribution in [0, 0.1) is 6.92 Å². The van der Waals surface area contributed by atoms with E-state index in [2.05, 4.69) is 21.7 Å². The van der Waals surface area contributed by atoms with Crippen molar-refractivity contribution < 1.29 is 14.3 Å². The summed E-state index contributed by atoms with van der Waals surface area (Å²) in [5.41, 5.74) is 4.37. The molecule has 1 amide bonds. The second kappa shape index (κ2) is 10.5. The first-order chi connectivity index (χ1) is 18.5. The van der Waals surface area contributed by atoms with E-state index in [1.807, 2.05) is 25.1 Å². The van der Waals surface area contributed by atoms with Gasteiger partial charge < -0.3 is 20.1 Å². The molecule has 0 atom stereocenters. The molecule has 0 bridgehead atoms. The van der Waals surface area contributed by atoms with Gasteiger partial charge in [-0.15, -0.1) is 0 Å². The molecular formula is C29H28ClN5O3. The van der Waals surface area contributed by atoms with Crippen LogP contribution in [0.1, 0.15) is 41.7 Å². The molecule has 8 nitrogen and oxygen atoms in total. The number of ether oxygens (including phenoxy) is 2. The lowest BCUT2D eigenvalue weighted by atomic mass is 9.91. The van der Waals surface area contributed by atoms with Gasteiger partial charge in [0.25, 0.3) is 11.8 Å². The predicted molar refractivity (Wildman–Crippen MR) is 147 cm³/mol. The first-order valence-electron chi connectivity index (χ1n) is 12.9. The van der Waals surface area contributed by atoms with Crippen LogP contribution in [-0.4, -0.2) is 46.2 Å². The standard InChI is InChI=1S/C29H28ClN5O3/c1-17-24-16-19(23-12-13-31-28-26(23)37-14-15-38-28)4-11-25(24)35-29(32-17)34-22-9-7-21(8-10-22)33-27(36)18-2-5-20(30)6-3-18/h2-6,11-13,16,21-22H,7-10,14-15H2,1H3,(H,33,36)(H,32,34,35)/t21-,22+. The minimum atomic E-state index is -0.0581. The van der Waals surface area contributed by atoms with Gasteiger partial charge in [0, 0.05) is 39.8 Å². The lowest BCUT2D eigenvalue weighted by molar-refractivity contribution is 0.0926. The third-order valence-corrected chi connectivity index (χ3v) is 7.39. The highest BCUT2D eigenvalue weighted by molar-refractivity contribution is 6.30. The number of carbonyl (C=O) groups excluding carboxylic acids is 1. The summed E-state index contributed by atoms with van der Waals surface area (Å²) < 4.78 is 11.5. The number of aromatic nitrogens is 3. The Labute approximate surface area is 225 Å². The van der Waals surface area contributed by atoms with Gasteiger partial charge in [-0.1, -0.05) is 17.7 Å². The van der Waals surface area contributed by atoms with Crippen molar-refractivity contribution in [2.45, 2.75) is 44.7 Å². The molecule has 2 N–H and O–H groups in total. The van der Waals surface area contributed by atoms with Gasteiger partial charge >= 0.3 is 0 Å². The van der Waals surface area contributed by atoms with Crippen molar-refractivity contribution in [3.05, 3.63) is 71.0 Å². The number of halogens is 1. The molecule has 1 fully saturated rings. The summed E-state index contributed by atoms with van der Waals surface area (Å²) in [7, 11) is 0. The average Bonchev–Trinajstić information content (AvgIpc) is 2.94. The fourth-order valence-electron chi connectivity index (χ4n) is 5.13. The first-order valence-corrected chi connectivity index (χ1v) is 13.3. The van der Waals surface area contributed by atoms with Crippen LogP contribution in [0.2, 0.25) is 5.02 Å². The summed E-state index contributed by atoms with van der Waals surface area (Å²) >= 11 is 5.93. The van der Waals surface area contributed by atoms with Crippen LogP contribution >= 0.6 is 11.6 Å². The van der Waals surface area contributed by atoms with E-state index in [1.54, 1.807) is 30.5 Å². The first kappa shape index (κ1) is 24.4. The number of aryl methyl sites for hydroxylation is 1. The van der Waals surface area contributed by atoms with Gasteiger partial charge in [0.05, 0.1) is 11.2 Å². The van der Waals surface area contributed by atoms with Crippen molar-refractivity contribution in [1.82, 2.24) is 20.3 Å². The normalized spacial score (nSPS) is 18.7. The quantitative estimate of drug-likeness (QED) is 0.348. The second-order valence-electron chi connectivity index (χ2n) is 9.73. The fraction of sp³-hybridized carbons (Fsp3) is 0.310. The van der Waals surface area contributed by atoms with Crippen LogP contribution in [0.4, 0.5) is 5.95 Å². The van der Waals surface area contributed by atoms with Gasteiger partial charge in [-0.25, -0.2) is 15.0 Å². The molecule has 2 aromatic carbocycles. The zero-order valence-electron chi connectivity index (χ0n) is 21.0. The SMILES string of the molecule is Cc1nc(N[C@H]2CC[C@@H](NC(=O)c3ccc(Cl)cc3)CC2)nc2ccc(-c3ccnc4c3OCCO4)cc12. The lowest BCUT2D eigenvalue weighted by Crippen LogP contribution is -2.40. The Morgan fingerprint density at radius 3 is 2.53 bits per heavy atom. The third kappa shape index (κ3) is 5.09. The van der Waals surface area contributed by atoms with Crippen molar-refractivity contribution in [1.29, 1.82) is 0 Å². The maximum absolute atomic E-state index is 12.5. The van der Waals surface area contributed by atoms with Gasteiger partial charge in [0.15, 0.2) is 5.75 Å². The Morgan fingerprint density at radius 1 is 0.947 bits per heavy atom. The molecule has 4 aromatic rings. The molecule has 1 aliphatic carbocycles. The highest BCUT2D eigenvalue weighted by Crippen LogP contribution is 2.39. The third-order valence-electron chi connectivity index (χ3n) is 7.14. The van der Waals surface area contributed by atoms with Crippen molar-refractivity contribution in [2.75, 3.05) is 18.5 Å². The number of rotatable bonds is 5. The topological polar surface area (TPSA) is 98.3 Å². The Kier molecular flexibility index (Phi) is 6.72. The van der Waals surface area contributed by atoms with E-state index in [0.717, 1.165) is 53.4 Å². The van der Waals surface area contributed by atoms with Crippen molar-refractivity contribution >= 4 is 34.4 Å². The largest absolute Gasteiger partial charge is 0.484 e. The van der Waals surface area contributed by atoms with Gasteiger partial charge in [-0.3, -0.25) is 4.79 Å². The van der Waals surface area contributed by atoms with E-state index in [4.69, 9.17) is 31.0 Å². The number of pyridine rings is 1. The highest BCUT2D eigenvalue weighted by Gasteiger charge is 2.24. The molecule has 194 valence electrons. The molecule has 0 saturated heterocycles. The summed E-state index contributed by atoms with van der Waals surface area (Å²) in [4.78, 5) is 26.4. The molecule has 0 radical (unpaired) electrons. The zero-order chi connectivity index (χ0) is 26.1. The number of nitrogens with one attached hydrogen (secondary N) is 2. The number of amides is 1. The number of carbonyl (C=O) groups is 1. The highest BCUT2D eigenvalue weighted by atomic mass is 35.5. The molecule has 0 unspecified atom stereocenters.